The van der Waals surface area contributed by atoms with Gasteiger partial charge >= 0.3 is 0 Å². The SMILES string of the molecule is Cc1ccc(N2CC3CCCN3CC2C)cc1. The maximum absolute atomic E-state index is 2.68. The number of piperazine rings is 1. The average molecular weight is 230 g/mol. The highest BCUT2D eigenvalue weighted by atomic mass is 15.3. The number of anilines is 1. The van der Waals surface area contributed by atoms with Crippen LogP contribution in [0.5, 0.6) is 0 Å². The lowest BCUT2D eigenvalue weighted by Gasteiger charge is -2.43. The van der Waals surface area contributed by atoms with Crippen molar-refractivity contribution >= 4 is 5.69 Å². The van der Waals surface area contributed by atoms with E-state index in [0.29, 0.717) is 6.04 Å². The Bertz CT molecular complexity index is 384. The van der Waals surface area contributed by atoms with Crippen molar-refractivity contribution in [3.05, 3.63) is 29.8 Å². The first-order chi connectivity index (χ1) is 8.24. The van der Waals surface area contributed by atoms with Crippen molar-refractivity contribution < 1.29 is 0 Å². The van der Waals surface area contributed by atoms with Gasteiger partial charge in [-0.25, -0.2) is 0 Å². The average Bonchev–Trinajstić information content (AvgIpc) is 2.76. The lowest BCUT2D eigenvalue weighted by atomic mass is 10.1. The van der Waals surface area contributed by atoms with Gasteiger partial charge in [0, 0.05) is 30.9 Å². The van der Waals surface area contributed by atoms with Crippen LogP contribution in [-0.4, -0.2) is 36.6 Å². The van der Waals surface area contributed by atoms with Gasteiger partial charge in [0.25, 0.3) is 0 Å². The number of nitrogens with zero attached hydrogens (tertiary/aromatic N) is 2. The number of aryl methyl sites for hydroxylation is 1. The predicted octanol–water partition coefficient (Wildman–Crippen LogP) is 2.67. The monoisotopic (exact) mass is 230 g/mol. The number of fused-ring (bicyclic) bond motifs is 1. The largest absolute Gasteiger partial charge is 0.366 e. The summed E-state index contributed by atoms with van der Waals surface area (Å²) in [6, 6.07) is 10.4. The summed E-state index contributed by atoms with van der Waals surface area (Å²) in [6.07, 6.45) is 2.77. The molecular weight excluding hydrogens is 208 g/mol. The third-order valence-corrected chi connectivity index (χ3v) is 4.30. The van der Waals surface area contributed by atoms with Crippen molar-refractivity contribution in [2.75, 3.05) is 24.5 Å². The van der Waals surface area contributed by atoms with E-state index in [1.165, 1.54) is 43.7 Å². The van der Waals surface area contributed by atoms with Crippen LogP contribution in [0.1, 0.15) is 25.3 Å². The fraction of sp³-hybridized carbons (Fsp3) is 0.600. The highest BCUT2D eigenvalue weighted by molar-refractivity contribution is 5.49. The van der Waals surface area contributed by atoms with Crippen molar-refractivity contribution in [2.45, 2.75) is 38.8 Å². The zero-order valence-corrected chi connectivity index (χ0v) is 10.9. The molecule has 0 aliphatic carbocycles. The molecule has 17 heavy (non-hydrogen) atoms. The van der Waals surface area contributed by atoms with E-state index in [-0.39, 0.29) is 0 Å². The molecule has 3 rings (SSSR count). The van der Waals surface area contributed by atoms with Crippen LogP contribution in [0.3, 0.4) is 0 Å². The van der Waals surface area contributed by atoms with Gasteiger partial charge in [-0.15, -0.1) is 0 Å². The molecule has 2 atom stereocenters. The Hall–Kier alpha value is -1.02. The van der Waals surface area contributed by atoms with Crippen LogP contribution < -0.4 is 4.90 Å². The minimum atomic E-state index is 0.645. The normalized spacial score (nSPS) is 29.4. The molecule has 0 N–H and O–H groups in total. The fourth-order valence-electron chi connectivity index (χ4n) is 3.28. The third-order valence-electron chi connectivity index (χ3n) is 4.30. The quantitative estimate of drug-likeness (QED) is 0.732. The standard InChI is InChI=1S/C15H22N2/c1-12-5-7-14(8-6-12)17-11-15-4-3-9-16(15)10-13(17)2/h5-8,13,15H,3-4,9-11H2,1-2H3. The van der Waals surface area contributed by atoms with Gasteiger partial charge in [-0.2, -0.15) is 0 Å². The summed E-state index contributed by atoms with van der Waals surface area (Å²) in [4.78, 5) is 5.27. The van der Waals surface area contributed by atoms with E-state index in [2.05, 4.69) is 47.9 Å². The number of benzene rings is 1. The van der Waals surface area contributed by atoms with Crippen molar-refractivity contribution in [1.29, 1.82) is 0 Å². The van der Waals surface area contributed by atoms with Crippen LogP contribution >= 0.6 is 0 Å². The van der Waals surface area contributed by atoms with Crippen molar-refractivity contribution in [3.63, 3.8) is 0 Å². The Morgan fingerprint density at radius 2 is 1.88 bits per heavy atom. The van der Waals surface area contributed by atoms with Gasteiger partial charge in [0.05, 0.1) is 0 Å². The fourth-order valence-corrected chi connectivity index (χ4v) is 3.28. The molecule has 1 aromatic rings. The van der Waals surface area contributed by atoms with E-state index in [1.54, 1.807) is 0 Å². The molecule has 2 aliphatic rings. The lowest BCUT2D eigenvalue weighted by Crippen LogP contribution is -2.55. The van der Waals surface area contributed by atoms with Crippen molar-refractivity contribution in [2.24, 2.45) is 0 Å². The molecule has 1 aromatic carbocycles. The summed E-state index contributed by atoms with van der Waals surface area (Å²) in [5, 5.41) is 0. The molecule has 2 aliphatic heterocycles. The molecule has 92 valence electrons. The second kappa shape index (κ2) is 4.34. The smallest absolute Gasteiger partial charge is 0.0389 e. The minimum Gasteiger partial charge on any atom is -0.366 e. The molecule has 2 saturated heterocycles. The van der Waals surface area contributed by atoms with Crippen LogP contribution in [0.2, 0.25) is 0 Å². The Balaban J connectivity index is 1.80. The first kappa shape index (κ1) is 11.1. The van der Waals surface area contributed by atoms with E-state index < -0.39 is 0 Å². The second-order valence-electron chi connectivity index (χ2n) is 5.63. The molecule has 2 heteroatoms. The molecule has 2 heterocycles. The van der Waals surface area contributed by atoms with Gasteiger partial charge in [0.2, 0.25) is 0 Å². The maximum atomic E-state index is 2.68. The zero-order valence-electron chi connectivity index (χ0n) is 10.9. The molecule has 0 saturated carbocycles. The molecule has 0 amide bonds. The number of rotatable bonds is 1. The Morgan fingerprint density at radius 3 is 2.65 bits per heavy atom. The minimum absolute atomic E-state index is 0.645. The molecule has 2 fully saturated rings. The maximum Gasteiger partial charge on any atom is 0.0389 e. The van der Waals surface area contributed by atoms with Crippen LogP contribution in [0, 0.1) is 6.92 Å². The van der Waals surface area contributed by atoms with Gasteiger partial charge in [0.15, 0.2) is 0 Å². The van der Waals surface area contributed by atoms with Crippen LogP contribution in [0.15, 0.2) is 24.3 Å². The zero-order chi connectivity index (χ0) is 11.8. The predicted molar refractivity (Wildman–Crippen MR) is 72.6 cm³/mol. The Morgan fingerprint density at radius 1 is 1.12 bits per heavy atom. The Labute approximate surface area is 104 Å². The van der Waals surface area contributed by atoms with Gasteiger partial charge < -0.3 is 4.90 Å². The summed E-state index contributed by atoms with van der Waals surface area (Å²) in [5.74, 6) is 0. The van der Waals surface area contributed by atoms with Crippen LogP contribution in [-0.2, 0) is 0 Å². The summed E-state index contributed by atoms with van der Waals surface area (Å²) in [5.41, 5.74) is 2.75. The third kappa shape index (κ3) is 2.06. The Kier molecular flexibility index (Phi) is 2.83. The molecule has 0 aromatic heterocycles. The highest BCUT2D eigenvalue weighted by Gasteiger charge is 2.34. The van der Waals surface area contributed by atoms with Gasteiger partial charge in [0.1, 0.15) is 0 Å². The lowest BCUT2D eigenvalue weighted by molar-refractivity contribution is 0.203. The van der Waals surface area contributed by atoms with Crippen LogP contribution in [0.25, 0.3) is 0 Å². The first-order valence-corrected chi connectivity index (χ1v) is 6.81. The van der Waals surface area contributed by atoms with Crippen LogP contribution in [0.4, 0.5) is 5.69 Å². The van der Waals surface area contributed by atoms with Crippen molar-refractivity contribution in [1.82, 2.24) is 4.90 Å². The van der Waals surface area contributed by atoms with E-state index in [9.17, 15) is 0 Å². The second-order valence-corrected chi connectivity index (χ2v) is 5.63. The molecular formula is C15H22N2. The summed E-state index contributed by atoms with van der Waals surface area (Å²) in [6.45, 7) is 8.27. The molecule has 2 nitrogen and oxygen atoms in total. The van der Waals surface area contributed by atoms with E-state index in [4.69, 9.17) is 0 Å². The topological polar surface area (TPSA) is 6.48 Å². The highest BCUT2D eigenvalue weighted by Crippen LogP contribution is 2.28. The first-order valence-electron chi connectivity index (χ1n) is 6.81. The van der Waals surface area contributed by atoms with E-state index in [1.807, 2.05) is 0 Å². The summed E-state index contributed by atoms with van der Waals surface area (Å²) in [7, 11) is 0. The van der Waals surface area contributed by atoms with Crippen molar-refractivity contribution in [3.8, 4) is 0 Å². The molecule has 0 radical (unpaired) electrons. The number of hydrogen-bond acceptors (Lipinski definition) is 2. The molecule has 0 spiro atoms. The summed E-state index contributed by atoms with van der Waals surface area (Å²) < 4.78 is 0. The van der Waals surface area contributed by atoms with E-state index >= 15 is 0 Å². The van der Waals surface area contributed by atoms with E-state index in [0.717, 1.165) is 6.04 Å². The number of hydrogen-bond donors (Lipinski definition) is 0. The molecule has 2 unspecified atom stereocenters. The molecule has 0 bridgehead atoms. The van der Waals surface area contributed by atoms with Gasteiger partial charge in [-0.05, 0) is 45.4 Å². The van der Waals surface area contributed by atoms with Gasteiger partial charge in [-0.3, -0.25) is 4.90 Å². The van der Waals surface area contributed by atoms with Gasteiger partial charge in [-0.1, -0.05) is 17.7 Å². The summed E-state index contributed by atoms with van der Waals surface area (Å²) >= 11 is 0.